The van der Waals surface area contributed by atoms with E-state index in [2.05, 4.69) is 10.6 Å². The van der Waals surface area contributed by atoms with Crippen molar-refractivity contribution in [1.29, 1.82) is 0 Å². The fourth-order valence-corrected chi connectivity index (χ4v) is 4.96. The van der Waals surface area contributed by atoms with Crippen molar-refractivity contribution in [2.45, 2.75) is 24.7 Å². The number of rotatable bonds is 5. The molecule has 0 unspecified atom stereocenters. The van der Waals surface area contributed by atoms with E-state index < -0.39 is 21.8 Å². The fraction of sp³-hybridized carbons (Fsp3) is 0.300. The summed E-state index contributed by atoms with van der Waals surface area (Å²) in [6.07, 6.45) is 1.07. The molecule has 7 nitrogen and oxygen atoms in total. The van der Waals surface area contributed by atoms with Crippen LogP contribution < -0.4 is 10.6 Å². The van der Waals surface area contributed by atoms with E-state index in [1.165, 1.54) is 47.6 Å². The largest absolute Gasteiger partial charge is 0.326 e. The molecule has 2 N–H and O–H groups in total. The highest BCUT2D eigenvalue weighted by Crippen LogP contribution is 2.26. The number of carbonyl (C=O) groups is 2. The quantitative estimate of drug-likeness (QED) is 0.724. The van der Waals surface area contributed by atoms with Gasteiger partial charge < -0.3 is 10.6 Å². The Morgan fingerprint density at radius 1 is 1.10 bits per heavy atom. The molecule has 2 aromatic carbocycles. The smallest absolute Gasteiger partial charge is 0.243 e. The van der Waals surface area contributed by atoms with Crippen molar-refractivity contribution in [1.82, 2.24) is 4.31 Å². The van der Waals surface area contributed by atoms with E-state index in [0.717, 1.165) is 6.07 Å². The van der Waals surface area contributed by atoms with Crippen molar-refractivity contribution in [3.05, 3.63) is 53.3 Å². The molecule has 2 aromatic rings. The van der Waals surface area contributed by atoms with Gasteiger partial charge >= 0.3 is 0 Å². The second kappa shape index (κ2) is 9.11. The Hall–Kier alpha value is -2.49. The van der Waals surface area contributed by atoms with Crippen LogP contribution >= 0.6 is 11.6 Å². The summed E-state index contributed by atoms with van der Waals surface area (Å²) in [5, 5.41) is 5.14. The highest BCUT2D eigenvalue weighted by Gasteiger charge is 2.33. The van der Waals surface area contributed by atoms with Crippen LogP contribution in [-0.2, 0) is 19.6 Å². The molecule has 10 heteroatoms. The number of piperidine rings is 1. The molecule has 1 saturated heterocycles. The number of hydrogen-bond acceptors (Lipinski definition) is 4. The number of nitrogens with zero attached hydrogens (tertiary/aromatic N) is 1. The number of halogens is 2. The van der Waals surface area contributed by atoms with Crippen LogP contribution in [0.3, 0.4) is 0 Å². The molecule has 0 aromatic heterocycles. The third-order valence-corrected chi connectivity index (χ3v) is 6.92. The highest BCUT2D eigenvalue weighted by molar-refractivity contribution is 7.89. The molecule has 160 valence electrons. The van der Waals surface area contributed by atoms with Gasteiger partial charge in [0.15, 0.2) is 0 Å². The second-order valence-corrected chi connectivity index (χ2v) is 9.37. The maximum absolute atomic E-state index is 13.3. The number of anilines is 2. The van der Waals surface area contributed by atoms with E-state index in [4.69, 9.17) is 11.6 Å². The molecule has 1 aliphatic heterocycles. The zero-order valence-corrected chi connectivity index (χ0v) is 17.8. The van der Waals surface area contributed by atoms with E-state index in [1.807, 2.05) is 0 Å². The Balaban J connectivity index is 1.70. The van der Waals surface area contributed by atoms with Crippen molar-refractivity contribution in [3.63, 3.8) is 0 Å². The summed E-state index contributed by atoms with van der Waals surface area (Å²) in [5.74, 6) is -1.73. The van der Waals surface area contributed by atoms with Crippen LogP contribution in [-0.4, -0.2) is 37.6 Å². The molecule has 1 fully saturated rings. The van der Waals surface area contributed by atoms with Crippen LogP contribution in [0, 0.1) is 11.7 Å². The van der Waals surface area contributed by atoms with E-state index in [1.54, 1.807) is 0 Å². The zero-order valence-electron chi connectivity index (χ0n) is 16.2. The van der Waals surface area contributed by atoms with Crippen molar-refractivity contribution >= 4 is 44.8 Å². The number of carbonyl (C=O) groups excluding carboxylic acids is 2. The first kappa shape index (κ1) is 22.2. The minimum absolute atomic E-state index is 0.0382. The van der Waals surface area contributed by atoms with Gasteiger partial charge in [0.2, 0.25) is 21.8 Å². The second-order valence-electron chi connectivity index (χ2n) is 7.03. The number of sulfonamides is 1. The van der Waals surface area contributed by atoms with Crippen molar-refractivity contribution < 1.29 is 22.4 Å². The minimum Gasteiger partial charge on any atom is -0.326 e. The molecule has 0 radical (unpaired) electrons. The normalized spacial score (nSPS) is 17.4. The van der Waals surface area contributed by atoms with Crippen LogP contribution in [0.4, 0.5) is 15.8 Å². The van der Waals surface area contributed by atoms with Gasteiger partial charge in [-0.05, 0) is 55.3 Å². The lowest BCUT2D eigenvalue weighted by molar-refractivity contribution is -0.121. The molecule has 3 rings (SSSR count). The standard InChI is InChI=1S/C20H21ClFN3O4S/c1-13(26)23-15-4-7-17(8-5-15)30(28,29)25-10-2-3-14(12-25)20(27)24-16-6-9-19(22)18(21)11-16/h4-9,11,14H,2-3,10,12H2,1H3,(H,23,26)(H,24,27)/t14-/m0/s1. The molecule has 0 spiro atoms. The summed E-state index contributed by atoms with van der Waals surface area (Å²) in [5.41, 5.74) is 0.843. The number of nitrogens with one attached hydrogen (secondary N) is 2. The van der Waals surface area contributed by atoms with Crippen LogP contribution in [0.5, 0.6) is 0 Å². The number of hydrogen-bond donors (Lipinski definition) is 2. The van der Waals surface area contributed by atoms with Gasteiger partial charge in [-0.2, -0.15) is 4.31 Å². The summed E-state index contributed by atoms with van der Waals surface area (Å²) in [6, 6.07) is 9.73. The topological polar surface area (TPSA) is 95.6 Å². The van der Waals surface area contributed by atoms with Crippen molar-refractivity contribution in [3.8, 4) is 0 Å². The van der Waals surface area contributed by atoms with E-state index in [9.17, 15) is 22.4 Å². The van der Waals surface area contributed by atoms with E-state index >= 15 is 0 Å². The molecule has 1 atom stereocenters. The lowest BCUT2D eigenvalue weighted by Gasteiger charge is -2.31. The van der Waals surface area contributed by atoms with Crippen molar-refractivity contribution in [2.75, 3.05) is 23.7 Å². The molecule has 0 saturated carbocycles. The third-order valence-electron chi connectivity index (χ3n) is 4.75. The molecular weight excluding hydrogens is 433 g/mol. The van der Waals surface area contributed by atoms with Crippen molar-refractivity contribution in [2.24, 2.45) is 5.92 Å². The SMILES string of the molecule is CC(=O)Nc1ccc(S(=O)(=O)N2CCC[C@H](C(=O)Nc3ccc(F)c(Cl)c3)C2)cc1. The van der Waals surface area contributed by atoms with Gasteiger partial charge in [0.05, 0.1) is 15.8 Å². The molecule has 30 heavy (non-hydrogen) atoms. The van der Waals surface area contributed by atoms with Gasteiger partial charge in [-0.1, -0.05) is 11.6 Å². The van der Waals surface area contributed by atoms with Gasteiger partial charge in [-0.25, -0.2) is 12.8 Å². The Kier molecular flexibility index (Phi) is 6.74. The Bertz CT molecular complexity index is 1060. The van der Waals surface area contributed by atoms with Crippen LogP contribution in [0.25, 0.3) is 0 Å². The lowest BCUT2D eigenvalue weighted by Crippen LogP contribution is -2.43. The molecular formula is C20H21ClFN3O4S. The maximum atomic E-state index is 13.3. The first-order chi connectivity index (χ1) is 14.2. The summed E-state index contributed by atoms with van der Waals surface area (Å²) < 4.78 is 40.5. The molecule has 0 bridgehead atoms. The molecule has 1 heterocycles. The Labute approximate surface area is 179 Å². The summed E-state index contributed by atoms with van der Waals surface area (Å²) >= 11 is 5.74. The zero-order chi connectivity index (χ0) is 21.9. The maximum Gasteiger partial charge on any atom is 0.243 e. The number of benzene rings is 2. The molecule has 0 aliphatic carbocycles. The summed E-state index contributed by atoms with van der Waals surface area (Å²) in [6.45, 7) is 1.71. The number of amides is 2. The molecule has 2 amide bonds. The molecule has 1 aliphatic rings. The lowest BCUT2D eigenvalue weighted by atomic mass is 9.99. The predicted octanol–water partition coefficient (Wildman–Crippen LogP) is 3.48. The van der Waals surface area contributed by atoms with E-state index in [0.29, 0.717) is 30.8 Å². The Morgan fingerprint density at radius 2 is 1.77 bits per heavy atom. The van der Waals surface area contributed by atoms with Gasteiger partial charge in [0.1, 0.15) is 5.82 Å². The van der Waals surface area contributed by atoms with Gasteiger partial charge in [-0.15, -0.1) is 0 Å². The average molecular weight is 454 g/mol. The average Bonchev–Trinajstić information content (AvgIpc) is 2.71. The summed E-state index contributed by atoms with van der Waals surface area (Å²) in [4.78, 5) is 23.8. The van der Waals surface area contributed by atoms with Crippen LogP contribution in [0.1, 0.15) is 19.8 Å². The predicted molar refractivity (Wildman–Crippen MR) is 112 cm³/mol. The van der Waals surface area contributed by atoms with Gasteiger partial charge in [0, 0.05) is 31.4 Å². The first-order valence-corrected chi connectivity index (χ1v) is 11.1. The summed E-state index contributed by atoms with van der Waals surface area (Å²) in [7, 11) is -3.79. The van der Waals surface area contributed by atoms with Gasteiger partial charge in [-0.3, -0.25) is 9.59 Å². The first-order valence-electron chi connectivity index (χ1n) is 9.30. The van der Waals surface area contributed by atoms with Crippen LogP contribution in [0.2, 0.25) is 5.02 Å². The fourth-order valence-electron chi connectivity index (χ4n) is 3.26. The monoisotopic (exact) mass is 453 g/mol. The van der Waals surface area contributed by atoms with Gasteiger partial charge in [0.25, 0.3) is 0 Å². The third kappa shape index (κ3) is 5.16. The van der Waals surface area contributed by atoms with E-state index in [-0.39, 0.29) is 28.3 Å². The minimum atomic E-state index is -3.79. The highest BCUT2D eigenvalue weighted by atomic mass is 35.5. The van der Waals surface area contributed by atoms with Crippen LogP contribution in [0.15, 0.2) is 47.4 Å². The Morgan fingerprint density at radius 3 is 2.40 bits per heavy atom.